The van der Waals surface area contributed by atoms with Crippen LogP contribution >= 0.6 is 7.75 Å². The van der Waals surface area contributed by atoms with Crippen LogP contribution in [0.15, 0.2) is 36.7 Å². The third kappa shape index (κ3) is 13.6. The van der Waals surface area contributed by atoms with E-state index in [4.69, 9.17) is 24.3 Å². The van der Waals surface area contributed by atoms with Crippen molar-refractivity contribution < 1.29 is 37.4 Å². The van der Waals surface area contributed by atoms with Crippen LogP contribution < -0.4 is 15.3 Å². The van der Waals surface area contributed by atoms with Gasteiger partial charge in [-0.3, -0.25) is 13.9 Å². The molecular weight excluding hydrogens is 702 g/mol. The molecule has 0 radical (unpaired) electrons. The fourth-order valence-corrected chi connectivity index (χ4v) is 8.05. The van der Waals surface area contributed by atoms with Crippen molar-refractivity contribution in [1.82, 2.24) is 24.6 Å². The minimum absolute atomic E-state index is 0.0657. The molecule has 1 saturated heterocycles. The number of nitrogen functional groups attached to an aromatic ring is 1. The van der Waals surface area contributed by atoms with Crippen LogP contribution in [-0.2, 0) is 23.4 Å². The van der Waals surface area contributed by atoms with Crippen molar-refractivity contribution >= 4 is 30.7 Å². The molecule has 5 atom stereocenters. The summed E-state index contributed by atoms with van der Waals surface area (Å²) in [5.74, 6) is -0.467. The second kappa shape index (κ2) is 21.7. The Labute approximate surface area is 313 Å². The molecule has 3 heterocycles. The number of esters is 1. The lowest BCUT2D eigenvalue weighted by molar-refractivity contribution is -0.145. The standard InChI is InChI=1S/C38H60FN6O7P/c1-4-5-6-7-8-9-10-11-12-13-14-15-16-17-18-22-25-49-36(47)29(2)44-53(48,52-30-23-20-19-21-24-30)50-27-38(3)31(46)26-32(51-38)45-28-41-33-34(40)42-37(39)43-35(33)45/h19-21,23-24,28-29,31-32,46H,4-18,22,25-27H2,1-3H3,(H,44,48)(H2,40,42,43)/t29-,31-,32+,38+,53?/m0/s1. The molecule has 0 aliphatic carbocycles. The van der Waals surface area contributed by atoms with Gasteiger partial charge in [-0.2, -0.15) is 19.4 Å². The lowest BCUT2D eigenvalue weighted by Crippen LogP contribution is -2.42. The second-order valence-corrected chi connectivity index (χ2v) is 16.0. The number of hydrogen-bond acceptors (Lipinski definition) is 11. The molecule has 4 N–H and O–H groups in total. The van der Waals surface area contributed by atoms with Gasteiger partial charge in [0.2, 0.25) is 0 Å². The van der Waals surface area contributed by atoms with Crippen molar-refractivity contribution in [3.63, 3.8) is 0 Å². The molecular formula is C38H60FN6O7P. The lowest BCUT2D eigenvalue weighted by atomic mass is 10.0. The molecule has 53 heavy (non-hydrogen) atoms. The molecule has 15 heteroatoms. The molecule has 3 aromatic rings. The van der Waals surface area contributed by atoms with E-state index in [1.807, 2.05) is 0 Å². The summed E-state index contributed by atoms with van der Waals surface area (Å²) >= 11 is 0. The number of carbonyl (C=O) groups excluding carboxylic acids is 1. The number of aliphatic hydroxyl groups is 1. The van der Waals surface area contributed by atoms with E-state index < -0.39 is 43.8 Å². The van der Waals surface area contributed by atoms with Gasteiger partial charge in [-0.15, -0.1) is 0 Å². The predicted molar refractivity (Wildman–Crippen MR) is 203 cm³/mol. The summed E-state index contributed by atoms with van der Waals surface area (Å²) in [4.78, 5) is 24.3. The van der Waals surface area contributed by atoms with Gasteiger partial charge >= 0.3 is 19.8 Å². The number of rotatable bonds is 26. The van der Waals surface area contributed by atoms with E-state index in [1.165, 1.54) is 101 Å². The van der Waals surface area contributed by atoms with Crippen molar-refractivity contribution in [2.45, 2.75) is 154 Å². The minimum Gasteiger partial charge on any atom is -0.465 e. The van der Waals surface area contributed by atoms with Crippen LogP contribution in [-0.4, -0.2) is 61.6 Å². The Bertz CT molecular complexity index is 1580. The summed E-state index contributed by atoms with van der Waals surface area (Å²) in [7, 11) is -4.23. The average Bonchev–Trinajstić information content (AvgIpc) is 3.69. The maximum absolute atomic E-state index is 14.1. The fraction of sp³-hybridized carbons (Fsp3) is 0.684. The maximum Gasteiger partial charge on any atom is 0.459 e. The molecule has 296 valence electrons. The van der Waals surface area contributed by atoms with Gasteiger partial charge in [0.05, 0.1) is 25.6 Å². The molecule has 2 aromatic heterocycles. The van der Waals surface area contributed by atoms with E-state index in [1.54, 1.807) is 37.3 Å². The van der Waals surface area contributed by atoms with Crippen molar-refractivity contribution in [1.29, 1.82) is 0 Å². The van der Waals surface area contributed by atoms with Gasteiger partial charge in [0.25, 0.3) is 0 Å². The average molecular weight is 763 g/mol. The Morgan fingerprint density at radius 2 is 1.60 bits per heavy atom. The van der Waals surface area contributed by atoms with E-state index in [9.17, 15) is 18.9 Å². The summed E-state index contributed by atoms with van der Waals surface area (Å²) in [6.07, 6.45) is 18.6. The lowest BCUT2D eigenvalue weighted by Gasteiger charge is -2.30. The highest BCUT2D eigenvalue weighted by molar-refractivity contribution is 7.52. The van der Waals surface area contributed by atoms with Gasteiger partial charge in [0, 0.05) is 6.42 Å². The van der Waals surface area contributed by atoms with E-state index in [2.05, 4.69) is 27.0 Å². The largest absolute Gasteiger partial charge is 0.465 e. The molecule has 0 spiro atoms. The molecule has 0 amide bonds. The Balaban J connectivity index is 1.18. The zero-order chi connectivity index (χ0) is 38.1. The molecule has 1 aliphatic rings. The Kier molecular flexibility index (Phi) is 17.4. The molecule has 1 aromatic carbocycles. The van der Waals surface area contributed by atoms with Crippen LogP contribution in [0.4, 0.5) is 10.2 Å². The minimum atomic E-state index is -4.23. The van der Waals surface area contributed by atoms with Crippen LogP contribution in [0.2, 0.25) is 0 Å². The number of hydrogen-bond donors (Lipinski definition) is 3. The number of aromatic nitrogens is 4. The monoisotopic (exact) mass is 762 g/mol. The Hall–Kier alpha value is -3.16. The molecule has 0 saturated carbocycles. The Morgan fingerprint density at radius 1 is 1.02 bits per heavy atom. The number of fused-ring (bicyclic) bond motifs is 1. The number of nitrogens with one attached hydrogen (secondary N) is 1. The van der Waals surface area contributed by atoms with Gasteiger partial charge < -0.3 is 24.8 Å². The van der Waals surface area contributed by atoms with Crippen LogP contribution in [0.1, 0.15) is 136 Å². The highest BCUT2D eigenvalue weighted by Crippen LogP contribution is 2.48. The topological polar surface area (TPSA) is 173 Å². The van der Waals surface area contributed by atoms with Gasteiger partial charge in [-0.1, -0.05) is 121 Å². The second-order valence-electron chi connectivity index (χ2n) is 14.3. The molecule has 1 unspecified atom stereocenters. The van der Waals surface area contributed by atoms with Gasteiger partial charge in [-0.25, -0.2) is 9.55 Å². The number of anilines is 1. The zero-order valence-electron chi connectivity index (χ0n) is 31.7. The highest BCUT2D eigenvalue weighted by atomic mass is 31.2. The van der Waals surface area contributed by atoms with Crippen molar-refractivity contribution in [3.05, 3.63) is 42.7 Å². The summed E-state index contributed by atoms with van der Waals surface area (Å²) in [5.41, 5.74) is 4.70. The molecule has 1 fully saturated rings. The molecule has 0 bridgehead atoms. The maximum atomic E-state index is 14.1. The molecule has 1 aliphatic heterocycles. The van der Waals surface area contributed by atoms with E-state index >= 15 is 0 Å². The summed E-state index contributed by atoms with van der Waals surface area (Å²) in [6.45, 7) is 5.24. The summed E-state index contributed by atoms with van der Waals surface area (Å²) < 4.78 is 52.8. The first-order valence-corrected chi connectivity index (χ1v) is 21.0. The van der Waals surface area contributed by atoms with Gasteiger partial charge in [0.15, 0.2) is 17.0 Å². The van der Waals surface area contributed by atoms with Crippen molar-refractivity contribution in [3.8, 4) is 5.75 Å². The summed E-state index contributed by atoms with van der Waals surface area (Å²) in [6, 6.07) is 7.37. The SMILES string of the molecule is CCCCCCCCCCCCCCCCCCOC(=O)[C@H](C)NP(=O)(OC[C@@]1(C)O[C@@H](n2cnc3c(N)nc(F)nc32)C[C@@H]1O)Oc1ccccc1. The number of carbonyl (C=O) groups is 1. The van der Waals surface area contributed by atoms with E-state index in [0.29, 0.717) is 0 Å². The normalized spacial score (nSPS) is 20.4. The van der Waals surface area contributed by atoms with Crippen molar-refractivity contribution in [2.24, 2.45) is 0 Å². The van der Waals surface area contributed by atoms with Crippen LogP contribution in [0.5, 0.6) is 5.75 Å². The zero-order valence-corrected chi connectivity index (χ0v) is 32.6. The number of halogens is 1. The highest BCUT2D eigenvalue weighted by Gasteiger charge is 2.48. The Morgan fingerprint density at radius 3 is 2.21 bits per heavy atom. The van der Waals surface area contributed by atoms with Gasteiger partial charge in [-0.05, 0) is 32.4 Å². The van der Waals surface area contributed by atoms with E-state index in [-0.39, 0.29) is 42.4 Å². The third-order valence-electron chi connectivity index (χ3n) is 9.70. The number of para-hydroxylation sites is 1. The van der Waals surface area contributed by atoms with Crippen molar-refractivity contribution in [2.75, 3.05) is 18.9 Å². The first kappa shape index (κ1) is 42.6. The number of ether oxygens (including phenoxy) is 2. The van der Waals surface area contributed by atoms with Gasteiger partial charge in [0.1, 0.15) is 23.6 Å². The molecule has 13 nitrogen and oxygen atoms in total. The number of unbranched alkanes of at least 4 members (excludes halogenated alkanes) is 15. The number of aliphatic hydroxyl groups excluding tert-OH is 1. The van der Waals surface area contributed by atoms with Crippen LogP contribution in [0, 0.1) is 6.08 Å². The number of nitrogens with two attached hydrogens (primary N) is 1. The first-order valence-electron chi connectivity index (χ1n) is 19.5. The third-order valence-corrected chi connectivity index (χ3v) is 11.3. The van der Waals surface area contributed by atoms with Crippen LogP contribution in [0.25, 0.3) is 11.2 Å². The quantitative estimate of drug-likeness (QED) is 0.0308. The number of imidazole rings is 1. The predicted octanol–water partition coefficient (Wildman–Crippen LogP) is 8.57. The fourth-order valence-electron chi connectivity index (χ4n) is 6.46. The molecule has 4 rings (SSSR count). The first-order chi connectivity index (χ1) is 25.5. The number of benzene rings is 1. The smallest absolute Gasteiger partial charge is 0.459 e. The van der Waals surface area contributed by atoms with Crippen LogP contribution in [0.3, 0.4) is 0 Å². The van der Waals surface area contributed by atoms with E-state index in [0.717, 1.165) is 19.3 Å². The number of nitrogens with zero attached hydrogens (tertiary/aromatic N) is 4. The summed E-state index contributed by atoms with van der Waals surface area (Å²) in [5, 5.41) is 13.7.